The topological polar surface area (TPSA) is 78.6 Å². The first-order chi connectivity index (χ1) is 11.2. The Kier molecular flexibility index (Phi) is 5.21. The zero-order chi connectivity index (χ0) is 19.3. The summed E-state index contributed by atoms with van der Waals surface area (Å²) >= 11 is 0. The second kappa shape index (κ2) is 6.37. The van der Waals surface area contributed by atoms with Crippen molar-refractivity contribution in [2.75, 3.05) is 0 Å². The zero-order valence-electron chi connectivity index (χ0n) is 16.3. The van der Waals surface area contributed by atoms with E-state index in [1.165, 1.54) is 0 Å². The summed E-state index contributed by atoms with van der Waals surface area (Å²) in [4.78, 5) is 0. The van der Waals surface area contributed by atoms with E-state index in [9.17, 15) is 8.42 Å². The molecule has 5 nitrogen and oxygen atoms in total. The van der Waals surface area contributed by atoms with Crippen LogP contribution in [0.1, 0.15) is 66.4 Å². The van der Waals surface area contributed by atoms with Crippen molar-refractivity contribution < 1.29 is 17.7 Å². The van der Waals surface area contributed by atoms with Crippen molar-refractivity contribution >= 4 is 22.6 Å². The Hall–Kier alpha value is -0.885. The van der Waals surface area contributed by atoms with E-state index in [1.54, 1.807) is 13.8 Å². The van der Waals surface area contributed by atoms with Crippen LogP contribution in [0.15, 0.2) is 24.3 Å². The van der Waals surface area contributed by atoms with E-state index in [4.69, 9.17) is 14.4 Å². The summed E-state index contributed by atoms with van der Waals surface area (Å²) in [7, 11) is -4.09. The molecule has 7 heteroatoms. The third-order valence-corrected chi connectivity index (χ3v) is 7.60. The average Bonchev–Trinajstić information content (AvgIpc) is 2.67. The van der Waals surface area contributed by atoms with Crippen molar-refractivity contribution in [2.45, 2.75) is 76.8 Å². The highest BCUT2D eigenvalue weighted by Crippen LogP contribution is 2.38. The van der Waals surface area contributed by atoms with Gasteiger partial charge in [-0.25, -0.2) is 13.6 Å². The normalized spacial score (nSPS) is 21.4. The summed E-state index contributed by atoms with van der Waals surface area (Å²) in [5, 5.41) is 5.45. The fourth-order valence-electron chi connectivity index (χ4n) is 3.19. The molecule has 0 saturated carbocycles. The second-order valence-corrected chi connectivity index (χ2v) is 10.5. The lowest BCUT2D eigenvalue weighted by atomic mass is 9.77. The van der Waals surface area contributed by atoms with Gasteiger partial charge in [0, 0.05) is 5.92 Å². The third-order valence-electron chi connectivity index (χ3n) is 5.84. The molecule has 1 atom stereocenters. The smallest absolute Gasteiger partial charge is 0.399 e. The van der Waals surface area contributed by atoms with Gasteiger partial charge in [-0.1, -0.05) is 31.2 Å². The lowest BCUT2D eigenvalue weighted by molar-refractivity contribution is 0.00578. The van der Waals surface area contributed by atoms with Crippen LogP contribution in [0.3, 0.4) is 0 Å². The molecule has 1 saturated heterocycles. The van der Waals surface area contributed by atoms with Gasteiger partial charge in [0.1, 0.15) is 0 Å². The van der Waals surface area contributed by atoms with Crippen LogP contribution in [0, 0.1) is 0 Å². The Balaban J connectivity index is 2.29. The molecular weight excluding hydrogens is 337 g/mol. The molecule has 0 bridgehead atoms. The first kappa shape index (κ1) is 20.4. The largest absolute Gasteiger partial charge is 0.494 e. The fourth-order valence-corrected chi connectivity index (χ4v) is 3.89. The standard InChI is InChI=1S/C18H30BNO4S/c1-8-15(16(2,3)25(20,21)22)13-9-11-14(12-10-13)19-23-17(4,5)18(6,7)24-19/h9-12,15H,8H2,1-7H3,(H2,20,21,22)/t15-/m1/s1. The molecule has 0 aromatic heterocycles. The maximum Gasteiger partial charge on any atom is 0.494 e. The Morgan fingerprint density at radius 1 is 1.08 bits per heavy atom. The third kappa shape index (κ3) is 3.65. The van der Waals surface area contributed by atoms with Crippen LogP contribution in [-0.4, -0.2) is 31.5 Å². The number of sulfonamides is 1. The molecule has 1 aromatic rings. The van der Waals surface area contributed by atoms with E-state index in [0.29, 0.717) is 6.42 Å². The van der Waals surface area contributed by atoms with Gasteiger partial charge in [-0.05, 0) is 59.0 Å². The molecule has 1 aliphatic heterocycles. The molecule has 0 aliphatic carbocycles. The Bertz CT molecular complexity index is 710. The van der Waals surface area contributed by atoms with Gasteiger partial charge in [0.2, 0.25) is 10.0 Å². The molecule has 0 amide bonds. The molecule has 1 heterocycles. The first-order valence-electron chi connectivity index (χ1n) is 8.71. The van der Waals surface area contributed by atoms with Crippen LogP contribution in [0.5, 0.6) is 0 Å². The van der Waals surface area contributed by atoms with Gasteiger partial charge in [-0.2, -0.15) is 0 Å². The Labute approximate surface area is 152 Å². The lowest BCUT2D eigenvalue weighted by Crippen LogP contribution is -2.43. The molecule has 2 rings (SSSR count). The molecule has 1 aliphatic rings. The van der Waals surface area contributed by atoms with Gasteiger partial charge in [0.05, 0.1) is 15.9 Å². The van der Waals surface area contributed by atoms with Gasteiger partial charge >= 0.3 is 7.12 Å². The molecule has 0 spiro atoms. The number of nitrogens with two attached hydrogens (primary N) is 1. The summed E-state index contributed by atoms with van der Waals surface area (Å²) in [6.45, 7) is 13.4. The number of benzene rings is 1. The van der Waals surface area contributed by atoms with Crippen LogP contribution in [0.25, 0.3) is 0 Å². The summed E-state index contributed by atoms with van der Waals surface area (Å²) in [5.74, 6) is -0.185. The van der Waals surface area contributed by atoms with Gasteiger partial charge in [-0.3, -0.25) is 0 Å². The highest BCUT2D eigenvalue weighted by Gasteiger charge is 2.51. The SMILES string of the molecule is CC[C@H](c1ccc(B2OC(C)(C)C(C)(C)O2)cc1)C(C)(C)S(N)(=O)=O. The minimum absolute atomic E-state index is 0.185. The first-order valence-corrected chi connectivity index (χ1v) is 10.3. The summed E-state index contributed by atoms with van der Waals surface area (Å²) in [6.07, 6.45) is 0.680. The van der Waals surface area contributed by atoms with E-state index in [2.05, 4.69) is 0 Å². The molecular formula is C18H30BNO4S. The number of hydrogen-bond donors (Lipinski definition) is 1. The van der Waals surface area contributed by atoms with E-state index in [0.717, 1.165) is 11.0 Å². The lowest BCUT2D eigenvalue weighted by Gasteiger charge is -2.32. The minimum Gasteiger partial charge on any atom is -0.399 e. The average molecular weight is 367 g/mol. The monoisotopic (exact) mass is 367 g/mol. The highest BCUT2D eigenvalue weighted by atomic mass is 32.2. The molecule has 1 aromatic carbocycles. The van der Waals surface area contributed by atoms with Crippen molar-refractivity contribution in [3.63, 3.8) is 0 Å². The maximum atomic E-state index is 12.0. The fraction of sp³-hybridized carbons (Fsp3) is 0.667. The second-order valence-electron chi connectivity index (χ2n) is 8.36. The maximum absolute atomic E-state index is 12.0. The van der Waals surface area contributed by atoms with Crippen molar-refractivity contribution in [1.82, 2.24) is 0 Å². The quantitative estimate of drug-likeness (QED) is 0.812. The Morgan fingerprint density at radius 2 is 1.52 bits per heavy atom. The zero-order valence-corrected chi connectivity index (χ0v) is 17.1. The van der Waals surface area contributed by atoms with Crippen LogP contribution in [0.2, 0.25) is 0 Å². The van der Waals surface area contributed by atoms with Crippen LogP contribution < -0.4 is 10.6 Å². The van der Waals surface area contributed by atoms with E-state index in [-0.39, 0.29) is 5.92 Å². The number of rotatable bonds is 5. The number of primary sulfonamides is 1. The van der Waals surface area contributed by atoms with Crippen molar-refractivity contribution in [2.24, 2.45) is 5.14 Å². The molecule has 1 fully saturated rings. The summed E-state index contributed by atoms with van der Waals surface area (Å²) in [6, 6.07) is 7.78. The van der Waals surface area contributed by atoms with Crippen molar-refractivity contribution in [1.29, 1.82) is 0 Å². The van der Waals surface area contributed by atoms with E-state index in [1.807, 2.05) is 58.9 Å². The molecule has 2 N–H and O–H groups in total. The Morgan fingerprint density at radius 3 is 1.88 bits per heavy atom. The molecule has 0 unspecified atom stereocenters. The van der Waals surface area contributed by atoms with Gasteiger partial charge in [-0.15, -0.1) is 0 Å². The van der Waals surface area contributed by atoms with Gasteiger partial charge in [0.25, 0.3) is 0 Å². The predicted octanol–water partition coefficient (Wildman–Crippen LogP) is 2.55. The van der Waals surface area contributed by atoms with Gasteiger partial charge < -0.3 is 9.31 Å². The summed E-state index contributed by atoms with van der Waals surface area (Å²) in [5.41, 5.74) is 1.09. The van der Waals surface area contributed by atoms with Crippen molar-refractivity contribution in [3.8, 4) is 0 Å². The summed E-state index contributed by atoms with van der Waals surface area (Å²) < 4.78 is 35.1. The minimum atomic E-state index is -3.67. The van der Waals surface area contributed by atoms with Crippen LogP contribution >= 0.6 is 0 Å². The van der Waals surface area contributed by atoms with E-state index >= 15 is 0 Å². The van der Waals surface area contributed by atoms with Gasteiger partial charge in [0.15, 0.2) is 0 Å². The van der Waals surface area contributed by atoms with Crippen molar-refractivity contribution in [3.05, 3.63) is 29.8 Å². The number of hydrogen-bond acceptors (Lipinski definition) is 4. The predicted molar refractivity (Wildman–Crippen MR) is 102 cm³/mol. The molecule has 0 radical (unpaired) electrons. The molecule has 140 valence electrons. The highest BCUT2D eigenvalue weighted by molar-refractivity contribution is 7.90. The van der Waals surface area contributed by atoms with Crippen LogP contribution in [-0.2, 0) is 19.3 Å². The van der Waals surface area contributed by atoms with Crippen LogP contribution in [0.4, 0.5) is 0 Å². The van der Waals surface area contributed by atoms with E-state index < -0.39 is 33.1 Å². The molecule has 25 heavy (non-hydrogen) atoms.